The molecule has 0 saturated carbocycles. The second-order valence-electron chi connectivity index (χ2n) is 3.48. The topological polar surface area (TPSA) is 112 Å². The Bertz CT molecular complexity index is 700. The summed E-state index contributed by atoms with van der Waals surface area (Å²) in [6.07, 6.45) is 2.69. The zero-order chi connectivity index (χ0) is 13.2. The molecule has 92 valence electrons. The van der Waals surface area contributed by atoms with E-state index in [4.69, 9.17) is 5.26 Å². The van der Waals surface area contributed by atoms with Gasteiger partial charge in [-0.05, 0) is 19.1 Å². The number of nitrogens with one attached hydrogen (secondary N) is 2. The SMILES string of the molecule is Cc1[nH]nc(NS(=O)(=O)c2cccnc2)c1C#N. The molecule has 0 aliphatic carbocycles. The first-order valence-corrected chi connectivity index (χ1v) is 6.41. The van der Waals surface area contributed by atoms with Crippen molar-refractivity contribution in [2.45, 2.75) is 11.8 Å². The molecule has 0 bridgehead atoms. The predicted molar refractivity (Wildman–Crippen MR) is 63.1 cm³/mol. The van der Waals surface area contributed by atoms with Crippen LogP contribution in [0.5, 0.6) is 0 Å². The number of aryl methyl sites for hydroxylation is 1. The number of rotatable bonds is 3. The molecule has 0 unspecified atom stereocenters. The van der Waals surface area contributed by atoms with Crippen LogP contribution < -0.4 is 4.72 Å². The maximum Gasteiger partial charge on any atom is 0.264 e. The van der Waals surface area contributed by atoms with Crippen LogP contribution in [0.15, 0.2) is 29.4 Å². The maximum atomic E-state index is 12.0. The lowest BCUT2D eigenvalue weighted by molar-refractivity contribution is 0.600. The minimum absolute atomic E-state index is 0.00884. The normalized spacial score (nSPS) is 10.9. The number of nitriles is 1. The van der Waals surface area contributed by atoms with Gasteiger partial charge in [0.2, 0.25) is 0 Å². The van der Waals surface area contributed by atoms with E-state index in [9.17, 15) is 8.42 Å². The number of anilines is 1. The van der Waals surface area contributed by atoms with E-state index in [1.807, 2.05) is 6.07 Å². The maximum absolute atomic E-state index is 12.0. The van der Waals surface area contributed by atoms with Crippen LogP contribution in [-0.2, 0) is 10.0 Å². The molecular formula is C10H9N5O2S. The Morgan fingerprint density at radius 1 is 1.50 bits per heavy atom. The fourth-order valence-corrected chi connectivity index (χ4v) is 2.31. The van der Waals surface area contributed by atoms with Gasteiger partial charge >= 0.3 is 0 Å². The number of hydrogen-bond acceptors (Lipinski definition) is 5. The Kier molecular flexibility index (Phi) is 2.99. The van der Waals surface area contributed by atoms with Crippen LogP contribution in [-0.4, -0.2) is 23.6 Å². The molecule has 0 saturated heterocycles. The number of aromatic amines is 1. The summed E-state index contributed by atoms with van der Waals surface area (Å²) in [5, 5.41) is 15.2. The molecular weight excluding hydrogens is 254 g/mol. The van der Waals surface area contributed by atoms with E-state index < -0.39 is 10.0 Å². The Morgan fingerprint density at radius 2 is 2.28 bits per heavy atom. The molecule has 2 heterocycles. The molecule has 0 aliphatic heterocycles. The first-order valence-electron chi connectivity index (χ1n) is 4.92. The molecule has 18 heavy (non-hydrogen) atoms. The van der Waals surface area contributed by atoms with E-state index in [0.717, 1.165) is 0 Å². The average Bonchev–Trinajstić information content (AvgIpc) is 2.70. The summed E-state index contributed by atoms with van der Waals surface area (Å²) in [6.45, 7) is 1.63. The smallest absolute Gasteiger partial charge is 0.264 e. The molecule has 0 atom stereocenters. The zero-order valence-electron chi connectivity index (χ0n) is 9.38. The summed E-state index contributed by atoms with van der Waals surface area (Å²) in [6, 6.07) is 4.79. The van der Waals surface area contributed by atoms with Crippen molar-refractivity contribution in [1.29, 1.82) is 5.26 Å². The van der Waals surface area contributed by atoms with E-state index in [-0.39, 0.29) is 16.3 Å². The standard InChI is InChI=1S/C10H9N5O2S/c1-7-9(5-11)10(14-13-7)15-18(16,17)8-3-2-4-12-6-8/h2-4,6H,1H3,(H2,13,14,15). The predicted octanol–water partition coefficient (Wildman–Crippen LogP) is 0.786. The Balaban J connectivity index is 2.38. The third-order valence-electron chi connectivity index (χ3n) is 2.23. The van der Waals surface area contributed by atoms with Gasteiger partial charge in [0.05, 0.1) is 5.69 Å². The van der Waals surface area contributed by atoms with Gasteiger partial charge in [0.1, 0.15) is 16.5 Å². The Hall–Kier alpha value is -2.40. The molecule has 0 amide bonds. The van der Waals surface area contributed by atoms with Crippen LogP contribution in [0, 0.1) is 18.3 Å². The van der Waals surface area contributed by atoms with Gasteiger partial charge in [-0.25, -0.2) is 8.42 Å². The quantitative estimate of drug-likeness (QED) is 0.850. The summed E-state index contributed by atoms with van der Waals surface area (Å²) >= 11 is 0. The Morgan fingerprint density at radius 3 is 2.89 bits per heavy atom. The highest BCUT2D eigenvalue weighted by molar-refractivity contribution is 7.92. The van der Waals surface area contributed by atoms with Crippen molar-refractivity contribution in [3.05, 3.63) is 35.8 Å². The molecule has 2 aromatic heterocycles. The monoisotopic (exact) mass is 263 g/mol. The van der Waals surface area contributed by atoms with Gasteiger partial charge in [-0.1, -0.05) is 0 Å². The number of pyridine rings is 1. The second kappa shape index (κ2) is 4.46. The fraction of sp³-hybridized carbons (Fsp3) is 0.100. The summed E-state index contributed by atoms with van der Waals surface area (Å²) in [5.41, 5.74) is 0.670. The summed E-state index contributed by atoms with van der Waals surface area (Å²) < 4.78 is 26.2. The van der Waals surface area contributed by atoms with Crippen molar-refractivity contribution in [2.24, 2.45) is 0 Å². The summed E-state index contributed by atoms with van der Waals surface area (Å²) in [5.74, 6) is -0.0150. The lowest BCUT2D eigenvalue weighted by Crippen LogP contribution is -2.14. The van der Waals surface area contributed by atoms with Crippen LogP contribution in [0.1, 0.15) is 11.3 Å². The van der Waals surface area contributed by atoms with Crippen LogP contribution in [0.3, 0.4) is 0 Å². The van der Waals surface area contributed by atoms with Crippen molar-refractivity contribution >= 4 is 15.8 Å². The van der Waals surface area contributed by atoms with Gasteiger partial charge < -0.3 is 0 Å². The van der Waals surface area contributed by atoms with Crippen LogP contribution in [0.25, 0.3) is 0 Å². The van der Waals surface area contributed by atoms with Crippen LogP contribution in [0.2, 0.25) is 0 Å². The average molecular weight is 263 g/mol. The largest absolute Gasteiger partial charge is 0.279 e. The fourth-order valence-electron chi connectivity index (χ4n) is 1.33. The zero-order valence-corrected chi connectivity index (χ0v) is 10.2. The lowest BCUT2D eigenvalue weighted by Gasteiger charge is -2.04. The number of hydrogen-bond donors (Lipinski definition) is 2. The molecule has 2 aromatic rings. The molecule has 2 N–H and O–H groups in total. The molecule has 8 heteroatoms. The van der Waals surface area contributed by atoms with Gasteiger partial charge in [-0.15, -0.1) is 0 Å². The number of nitrogens with zero attached hydrogens (tertiary/aromatic N) is 3. The van der Waals surface area contributed by atoms with Crippen molar-refractivity contribution < 1.29 is 8.42 Å². The minimum atomic E-state index is -3.78. The van der Waals surface area contributed by atoms with Crippen LogP contribution >= 0.6 is 0 Å². The summed E-state index contributed by atoms with van der Waals surface area (Å²) in [4.78, 5) is 3.74. The first-order chi connectivity index (χ1) is 8.54. The van der Waals surface area contributed by atoms with Crippen LogP contribution in [0.4, 0.5) is 5.82 Å². The second-order valence-corrected chi connectivity index (χ2v) is 5.16. The highest BCUT2D eigenvalue weighted by Crippen LogP contribution is 2.18. The van der Waals surface area contributed by atoms with E-state index in [1.54, 1.807) is 6.92 Å². The van der Waals surface area contributed by atoms with Gasteiger partial charge in [-0.2, -0.15) is 10.4 Å². The van der Waals surface area contributed by atoms with Gasteiger partial charge in [0.15, 0.2) is 5.82 Å². The van der Waals surface area contributed by atoms with E-state index in [2.05, 4.69) is 19.9 Å². The number of H-pyrrole nitrogens is 1. The molecule has 0 aliphatic rings. The molecule has 0 aromatic carbocycles. The third-order valence-corrected chi connectivity index (χ3v) is 3.56. The lowest BCUT2D eigenvalue weighted by atomic mass is 10.3. The van der Waals surface area contributed by atoms with Gasteiger partial charge in [-0.3, -0.25) is 14.8 Å². The molecule has 0 radical (unpaired) electrons. The first kappa shape index (κ1) is 12.1. The molecule has 7 nitrogen and oxygen atoms in total. The van der Waals surface area contributed by atoms with Crippen molar-refractivity contribution in [1.82, 2.24) is 15.2 Å². The summed E-state index contributed by atoms with van der Waals surface area (Å²) in [7, 11) is -3.78. The highest BCUT2D eigenvalue weighted by Gasteiger charge is 2.19. The highest BCUT2D eigenvalue weighted by atomic mass is 32.2. The molecule has 0 spiro atoms. The number of sulfonamides is 1. The van der Waals surface area contributed by atoms with Gasteiger partial charge in [0, 0.05) is 12.4 Å². The van der Waals surface area contributed by atoms with Crippen molar-refractivity contribution in [3.8, 4) is 6.07 Å². The van der Waals surface area contributed by atoms with E-state index >= 15 is 0 Å². The molecule has 2 rings (SSSR count). The van der Waals surface area contributed by atoms with E-state index in [1.165, 1.54) is 24.5 Å². The van der Waals surface area contributed by atoms with Gasteiger partial charge in [0.25, 0.3) is 10.0 Å². The third kappa shape index (κ3) is 2.16. The van der Waals surface area contributed by atoms with Crippen molar-refractivity contribution in [2.75, 3.05) is 4.72 Å². The molecule has 0 fully saturated rings. The Labute approximate surface area is 104 Å². The number of aromatic nitrogens is 3. The van der Waals surface area contributed by atoms with E-state index in [0.29, 0.717) is 5.69 Å². The van der Waals surface area contributed by atoms with Crippen molar-refractivity contribution in [3.63, 3.8) is 0 Å². The minimum Gasteiger partial charge on any atom is -0.279 e.